The van der Waals surface area contributed by atoms with Crippen LogP contribution in [0.25, 0.3) is 16.6 Å². The molecule has 0 saturated carbocycles. The van der Waals surface area contributed by atoms with Crippen molar-refractivity contribution in [2.24, 2.45) is 0 Å². The van der Waals surface area contributed by atoms with Gasteiger partial charge in [-0.1, -0.05) is 15.9 Å². The Labute approximate surface area is 175 Å². The molecule has 1 fully saturated rings. The molecule has 7 nitrogen and oxygen atoms in total. The van der Waals surface area contributed by atoms with Gasteiger partial charge in [0, 0.05) is 34.3 Å². The molecule has 2 N–H and O–H groups in total. The maximum Gasteiger partial charge on any atom is 0.345 e. The van der Waals surface area contributed by atoms with Gasteiger partial charge in [0.2, 0.25) is 0 Å². The SMILES string of the molecule is COC(=O)c1c(N)c2ccc(Br)cc2n(-c2ccc(N3CCOCC3)cc2)c1=O. The van der Waals surface area contributed by atoms with E-state index in [-0.39, 0.29) is 11.3 Å². The molecule has 0 spiro atoms. The predicted molar refractivity (Wildman–Crippen MR) is 116 cm³/mol. The van der Waals surface area contributed by atoms with E-state index < -0.39 is 11.5 Å². The summed E-state index contributed by atoms with van der Waals surface area (Å²) in [4.78, 5) is 27.7. The van der Waals surface area contributed by atoms with E-state index in [2.05, 4.69) is 20.8 Å². The highest BCUT2D eigenvalue weighted by atomic mass is 79.9. The van der Waals surface area contributed by atoms with E-state index in [1.807, 2.05) is 36.4 Å². The zero-order chi connectivity index (χ0) is 20.5. The lowest BCUT2D eigenvalue weighted by Gasteiger charge is -2.29. The van der Waals surface area contributed by atoms with Crippen LogP contribution in [0.3, 0.4) is 0 Å². The number of nitrogens with two attached hydrogens (primary N) is 1. The minimum atomic E-state index is -0.754. The van der Waals surface area contributed by atoms with Crippen molar-refractivity contribution < 1.29 is 14.3 Å². The summed E-state index contributed by atoms with van der Waals surface area (Å²) in [6.45, 7) is 3.04. The lowest BCUT2D eigenvalue weighted by Crippen LogP contribution is -2.36. The van der Waals surface area contributed by atoms with E-state index in [4.69, 9.17) is 15.2 Å². The number of pyridine rings is 1. The molecular weight excluding hydrogens is 438 g/mol. The van der Waals surface area contributed by atoms with Crippen LogP contribution >= 0.6 is 15.9 Å². The fourth-order valence-corrected chi connectivity index (χ4v) is 3.93. The van der Waals surface area contributed by atoms with Gasteiger partial charge in [0.15, 0.2) is 0 Å². The van der Waals surface area contributed by atoms with Gasteiger partial charge in [-0.2, -0.15) is 0 Å². The Kier molecular flexibility index (Phi) is 5.29. The van der Waals surface area contributed by atoms with E-state index in [0.717, 1.165) is 23.2 Å². The maximum atomic E-state index is 13.2. The van der Waals surface area contributed by atoms with Crippen LogP contribution in [-0.4, -0.2) is 43.9 Å². The summed E-state index contributed by atoms with van der Waals surface area (Å²) in [5, 5.41) is 0.602. The number of morpholine rings is 1. The van der Waals surface area contributed by atoms with Crippen molar-refractivity contribution in [2.75, 3.05) is 44.0 Å². The Hall–Kier alpha value is -2.84. The maximum absolute atomic E-state index is 13.2. The van der Waals surface area contributed by atoms with E-state index in [9.17, 15) is 9.59 Å². The highest BCUT2D eigenvalue weighted by Crippen LogP contribution is 2.28. The Balaban J connectivity index is 1.91. The molecular formula is C21H20BrN3O4. The number of carbonyl (C=O) groups is 1. The third-order valence-electron chi connectivity index (χ3n) is 5.05. The smallest absolute Gasteiger partial charge is 0.345 e. The number of fused-ring (bicyclic) bond motifs is 1. The van der Waals surface area contributed by atoms with Crippen LogP contribution in [0.2, 0.25) is 0 Å². The third-order valence-corrected chi connectivity index (χ3v) is 5.54. The number of esters is 1. The van der Waals surface area contributed by atoms with Crippen LogP contribution in [0.15, 0.2) is 51.7 Å². The lowest BCUT2D eigenvalue weighted by molar-refractivity contribution is 0.0600. The van der Waals surface area contributed by atoms with Gasteiger partial charge in [-0.25, -0.2) is 4.79 Å². The zero-order valence-electron chi connectivity index (χ0n) is 15.9. The van der Waals surface area contributed by atoms with Crippen LogP contribution in [0.5, 0.6) is 0 Å². The predicted octanol–water partition coefficient (Wildman–Crippen LogP) is 2.96. The molecule has 1 aliphatic rings. The number of benzene rings is 2. The van der Waals surface area contributed by atoms with E-state index in [0.29, 0.717) is 29.8 Å². The molecule has 8 heteroatoms. The lowest BCUT2D eigenvalue weighted by atomic mass is 10.1. The number of nitrogen functional groups attached to an aromatic ring is 1. The van der Waals surface area contributed by atoms with Crippen LogP contribution in [0, 0.1) is 0 Å². The first-order chi connectivity index (χ1) is 14.0. The minimum Gasteiger partial charge on any atom is -0.465 e. The van der Waals surface area contributed by atoms with Gasteiger partial charge in [-0.05, 0) is 42.5 Å². The molecule has 2 aromatic carbocycles. The molecule has 0 amide bonds. The zero-order valence-corrected chi connectivity index (χ0v) is 17.4. The summed E-state index contributed by atoms with van der Waals surface area (Å²) in [6, 6.07) is 13.1. The van der Waals surface area contributed by atoms with Gasteiger partial charge in [0.25, 0.3) is 5.56 Å². The molecule has 4 rings (SSSR count). The van der Waals surface area contributed by atoms with Crippen molar-refractivity contribution >= 4 is 44.2 Å². The normalized spacial score (nSPS) is 14.2. The van der Waals surface area contributed by atoms with Crippen molar-refractivity contribution in [3.63, 3.8) is 0 Å². The molecule has 1 saturated heterocycles. The van der Waals surface area contributed by atoms with Gasteiger partial charge in [0.1, 0.15) is 5.56 Å². The topological polar surface area (TPSA) is 86.8 Å². The number of rotatable bonds is 3. The Morgan fingerprint density at radius 3 is 2.41 bits per heavy atom. The Morgan fingerprint density at radius 2 is 1.76 bits per heavy atom. The summed E-state index contributed by atoms with van der Waals surface area (Å²) in [6.07, 6.45) is 0. The molecule has 2 heterocycles. The Morgan fingerprint density at radius 1 is 1.10 bits per heavy atom. The molecule has 1 aromatic heterocycles. The van der Waals surface area contributed by atoms with Crippen molar-refractivity contribution in [1.82, 2.24) is 4.57 Å². The molecule has 0 aliphatic carbocycles. The second-order valence-corrected chi connectivity index (χ2v) is 7.61. The number of ether oxygens (including phenoxy) is 2. The van der Waals surface area contributed by atoms with E-state index in [1.54, 1.807) is 6.07 Å². The van der Waals surface area contributed by atoms with Crippen molar-refractivity contribution in [3.8, 4) is 5.69 Å². The standard InChI is InChI=1S/C21H20BrN3O4/c1-28-21(27)18-19(23)16-7-2-13(22)12-17(16)25(20(18)26)15-5-3-14(4-6-15)24-8-10-29-11-9-24/h2-7,12H,8-11,23H2,1H3. The molecule has 3 aromatic rings. The summed E-state index contributed by atoms with van der Waals surface area (Å²) in [5.74, 6) is -0.754. The fourth-order valence-electron chi connectivity index (χ4n) is 3.58. The van der Waals surface area contributed by atoms with Gasteiger partial charge < -0.3 is 20.1 Å². The van der Waals surface area contributed by atoms with Crippen LogP contribution < -0.4 is 16.2 Å². The first-order valence-corrected chi connectivity index (χ1v) is 9.95. The Bertz CT molecular complexity index is 1140. The number of anilines is 2. The number of methoxy groups -OCH3 is 1. The molecule has 0 radical (unpaired) electrons. The summed E-state index contributed by atoms with van der Waals surface area (Å²) in [5.41, 5.74) is 7.90. The van der Waals surface area contributed by atoms with E-state index in [1.165, 1.54) is 11.7 Å². The quantitative estimate of drug-likeness (QED) is 0.608. The molecule has 150 valence electrons. The molecule has 0 unspecified atom stereocenters. The molecule has 1 aliphatic heterocycles. The second-order valence-electron chi connectivity index (χ2n) is 6.70. The monoisotopic (exact) mass is 457 g/mol. The number of hydrogen-bond acceptors (Lipinski definition) is 6. The third kappa shape index (κ3) is 3.49. The number of aromatic nitrogens is 1. The molecule has 0 bridgehead atoms. The van der Waals surface area contributed by atoms with Crippen molar-refractivity contribution in [1.29, 1.82) is 0 Å². The van der Waals surface area contributed by atoms with Gasteiger partial charge in [0.05, 0.1) is 31.5 Å². The highest BCUT2D eigenvalue weighted by Gasteiger charge is 2.22. The average Bonchev–Trinajstić information content (AvgIpc) is 2.74. The van der Waals surface area contributed by atoms with Crippen LogP contribution in [0.4, 0.5) is 11.4 Å². The number of hydrogen-bond donors (Lipinski definition) is 1. The number of nitrogens with zero attached hydrogens (tertiary/aromatic N) is 2. The number of carbonyl (C=O) groups excluding carboxylic acids is 1. The fraction of sp³-hybridized carbons (Fsp3) is 0.238. The first-order valence-electron chi connectivity index (χ1n) is 9.16. The number of halogens is 1. The average molecular weight is 458 g/mol. The second kappa shape index (κ2) is 7.88. The van der Waals surface area contributed by atoms with E-state index >= 15 is 0 Å². The largest absolute Gasteiger partial charge is 0.465 e. The summed E-state index contributed by atoms with van der Waals surface area (Å²) in [7, 11) is 1.23. The van der Waals surface area contributed by atoms with Gasteiger partial charge in [-0.15, -0.1) is 0 Å². The van der Waals surface area contributed by atoms with Crippen molar-refractivity contribution in [2.45, 2.75) is 0 Å². The highest BCUT2D eigenvalue weighted by molar-refractivity contribution is 9.10. The van der Waals surface area contributed by atoms with Gasteiger partial charge in [-0.3, -0.25) is 9.36 Å². The van der Waals surface area contributed by atoms with Crippen LogP contribution in [0.1, 0.15) is 10.4 Å². The summed E-state index contributed by atoms with van der Waals surface area (Å²) >= 11 is 3.45. The van der Waals surface area contributed by atoms with Crippen LogP contribution in [-0.2, 0) is 9.47 Å². The van der Waals surface area contributed by atoms with Crippen molar-refractivity contribution in [3.05, 3.63) is 62.9 Å². The molecule has 0 atom stereocenters. The first kappa shape index (κ1) is 19.5. The summed E-state index contributed by atoms with van der Waals surface area (Å²) < 4.78 is 12.5. The molecule has 29 heavy (non-hydrogen) atoms. The van der Waals surface area contributed by atoms with Gasteiger partial charge >= 0.3 is 5.97 Å². The minimum absolute atomic E-state index is 0.116.